The van der Waals surface area contributed by atoms with Gasteiger partial charge in [0.05, 0.1) is 16.8 Å². The molecule has 2 N–H and O–H groups in total. The van der Waals surface area contributed by atoms with Gasteiger partial charge in [0.1, 0.15) is 5.75 Å². The van der Waals surface area contributed by atoms with E-state index < -0.39 is 5.97 Å². The van der Waals surface area contributed by atoms with E-state index in [-0.39, 0.29) is 11.3 Å². The molecule has 0 aliphatic rings. The first-order valence-electron chi connectivity index (χ1n) is 6.17. The fourth-order valence-corrected chi connectivity index (χ4v) is 2.29. The number of carboxylic acids is 1. The van der Waals surface area contributed by atoms with Gasteiger partial charge in [-0.15, -0.1) is 0 Å². The highest BCUT2D eigenvalue weighted by molar-refractivity contribution is 6.30. The molecule has 0 spiro atoms. The number of halogens is 1. The number of aromatic nitrogens is 1. The van der Waals surface area contributed by atoms with Crippen molar-refractivity contribution in [3.8, 4) is 17.0 Å². The normalized spacial score (nSPS) is 10.7. The average Bonchev–Trinajstić information content (AvgIpc) is 2.46. The molecular formula is C16H10ClNO3. The molecule has 2 aromatic carbocycles. The molecule has 3 aromatic rings. The van der Waals surface area contributed by atoms with Crippen molar-refractivity contribution in [3.05, 3.63) is 59.1 Å². The topological polar surface area (TPSA) is 70.4 Å². The fourth-order valence-electron chi connectivity index (χ4n) is 2.16. The summed E-state index contributed by atoms with van der Waals surface area (Å²) >= 11 is 5.85. The molecule has 0 aliphatic heterocycles. The number of carboxylic acid groups (broad SMARTS) is 1. The molecule has 0 amide bonds. The van der Waals surface area contributed by atoms with Crippen molar-refractivity contribution < 1.29 is 15.0 Å². The zero-order chi connectivity index (χ0) is 15.0. The Morgan fingerprint density at radius 3 is 2.43 bits per heavy atom. The third-order valence-corrected chi connectivity index (χ3v) is 3.42. The molecule has 0 saturated heterocycles. The van der Waals surface area contributed by atoms with Crippen molar-refractivity contribution in [1.29, 1.82) is 0 Å². The number of phenolic OH excluding ortho intramolecular Hbond substituents is 1. The Kier molecular flexibility index (Phi) is 3.23. The van der Waals surface area contributed by atoms with Gasteiger partial charge >= 0.3 is 5.97 Å². The van der Waals surface area contributed by atoms with E-state index in [1.54, 1.807) is 30.3 Å². The van der Waals surface area contributed by atoms with Crippen LogP contribution >= 0.6 is 11.6 Å². The van der Waals surface area contributed by atoms with Crippen molar-refractivity contribution in [2.45, 2.75) is 0 Å². The standard InChI is InChI=1S/C16H10ClNO3/c17-10-3-1-9(2-4-10)14-8-13(16(20)21)12-6-5-11(19)7-15(12)18-14/h1-8,19H,(H,20,21). The van der Waals surface area contributed by atoms with E-state index in [4.69, 9.17) is 11.6 Å². The maximum atomic E-state index is 11.4. The second-order valence-electron chi connectivity index (χ2n) is 4.57. The lowest BCUT2D eigenvalue weighted by Gasteiger charge is -2.07. The highest BCUT2D eigenvalue weighted by Gasteiger charge is 2.13. The molecule has 0 atom stereocenters. The summed E-state index contributed by atoms with van der Waals surface area (Å²) in [5.74, 6) is -0.997. The quantitative estimate of drug-likeness (QED) is 0.751. The maximum absolute atomic E-state index is 11.4. The van der Waals surface area contributed by atoms with Gasteiger partial charge in [-0.05, 0) is 30.3 Å². The van der Waals surface area contributed by atoms with Crippen molar-refractivity contribution in [2.24, 2.45) is 0 Å². The summed E-state index contributed by atoms with van der Waals surface area (Å²) in [7, 11) is 0. The molecule has 4 nitrogen and oxygen atoms in total. The van der Waals surface area contributed by atoms with Crippen LogP contribution in [-0.2, 0) is 0 Å². The van der Waals surface area contributed by atoms with E-state index in [2.05, 4.69) is 4.98 Å². The maximum Gasteiger partial charge on any atom is 0.336 e. The zero-order valence-electron chi connectivity index (χ0n) is 10.7. The Hall–Kier alpha value is -2.59. The van der Waals surface area contributed by atoms with E-state index in [0.29, 0.717) is 21.6 Å². The first kappa shape index (κ1) is 13.4. The minimum atomic E-state index is -1.04. The summed E-state index contributed by atoms with van der Waals surface area (Å²) in [5.41, 5.74) is 1.85. The minimum Gasteiger partial charge on any atom is -0.508 e. The summed E-state index contributed by atoms with van der Waals surface area (Å²) in [6.07, 6.45) is 0. The Balaban J connectivity index is 2.29. The number of hydrogen-bond donors (Lipinski definition) is 2. The van der Waals surface area contributed by atoms with Gasteiger partial charge in [-0.1, -0.05) is 23.7 Å². The van der Waals surface area contributed by atoms with Crippen LogP contribution in [0.5, 0.6) is 5.75 Å². The Morgan fingerprint density at radius 1 is 1.05 bits per heavy atom. The van der Waals surface area contributed by atoms with Crippen LogP contribution in [0.1, 0.15) is 10.4 Å². The second-order valence-corrected chi connectivity index (χ2v) is 5.00. The lowest BCUT2D eigenvalue weighted by Crippen LogP contribution is -2.00. The highest BCUT2D eigenvalue weighted by Crippen LogP contribution is 2.27. The predicted molar refractivity (Wildman–Crippen MR) is 80.8 cm³/mol. The molecule has 0 bridgehead atoms. The Labute approximate surface area is 125 Å². The molecule has 104 valence electrons. The molecule has 3 rings (SSSR count). The van der Waals surface area contributed by atoms with E-state index in [9.17, 15) is 15.0 Å². The number of fused-ring (bicyclic) bond motifs is 1. The predicted octanol–water partition coefficient (Wildman–Crippen LogP) is 3.96. The van der Waals surface area contributed by atoms with Crippen LogP contribution in [0.4, 0.5) is 0 Å². The van der Waals surface area contributed by atoms with Crippen molar-refractivity contribution in [3.63, 3.8) is 0 Å². The van der Waals surface area contributed by atoms with E-state index in [1.165, 1.54) is 18.2 Å². The molecule has 0 saturated carbocycles. The van der Waals surface area contributed by atoms with Crippen LogP contribution in [-0.4, -0.2) is 21.2 Å². The molecule has 21 heavy (non-hydrogen) atoms. The zero-order valence-corrected chi connectivity index (χ0v) is 11.5. The molecule has 1 heterocycles. The minimum absolute atomic E-state index is 0.0413. The Bertz CT molecular complexity index is 844. The number of phenols is 1. The van der Waals surface area contributed by atoms with Crippen LogP contribution < -0.4 is 0 Å². The molecule has 5 heteroatoms. The number of pyridine rings is 1. The van der Waals surface area contributed by atoms with Crippen molar-refractivity contribution in [1.82, 2.24) is 4.98 Å². The lowest BCUT2D eigenvalue weighted by atomic mass is 10.0. The number of nitrogens with zero attached hydrogens (tertiary/aromatic N) is 1. The van der Waals surface area contributed by atoms with E-state index in [0.717, 1.165) is 5.56 Å². The lowest BCUT2D eigenvalue weighted by molar-refractivity contribution is 0.0699. The molecular weight excluding hydrogens is 290 g/mol. The number of benzene rings is 2. The van der Waals surface area contributed by atoms with E-state index in [1.807, 2.05) is 0 Å². The summed E-state index contributed by atoms with van der Waals surface area (Å²) in [6, 6.07) is 12.9. The first-order chi connectivity index (χ1) is 10.0. The number of hydrogen-bond acceptors (Lipinski definition) is 3. The molecule has 0 radical (unpaired) electrons. The third-order valence-electron chi connectivity index (χ3n) is 3.16. The second kappa shape index (κ2) is 5.07. The van der Waals surface area contributed by atoms with Crippen LogP contribution in [0.25, 0.3) is 22.2 Å². The average molecular weight is 300 g/mol. The van der Waals surface area contributed by atoms with Crippen LogP contribution in [0, 0.1) is 0 Å². The van der Waals surface area contributed by atoms with Gasteiger partial charge < -0.3 is 10.2 Å². The van der Waals surface area contributed by atoms with Gasteiger partial charge in [0.25, 0.3) is 0 Å². The number of aromatic carboxylic acids is 1. The van der Waals surface area contributed by atoms with Gasteiger partial charge in [0, 0.05) is 22.0 Å². The molecule has 0 unspecified atom stereocenters. The highest BCUT2D eigenvalue weighted by atomic mass is 35.5. The Morgan fingerprint density at radius 2 is 1.76 bits per heavy atom. The molecule has 0 aliphatic carbocycles. The van der Waals surface area contributed by atoms with Crippen molar-refractivity contribution in [2.75, 3.05) is 0 Å². The molecule has 1 aromatic heterocycles. The molecule has 0 fully saturated rings. The van der Waals surface area contributed by atoms with Crippen LogP contribution in [0.15, 0.2) is 48.5 Å². The largest absolute Gasteiger partial charge is 0.508 e. The van der Waals surface area contributed by atoms with E-state index >= 15 is 0 Å². The monoisotopic (exact) mass is 299 g/mol. The summed E-state index contributed by atoms with van der Waals surface area (Å²) in [5, 5.41) is 20.0. The van der Waals surface area contributed by atoms with Gasteiger partial charge in [0.2, 0.25) is 0 Å². The number of carbonyl (C=O) groups is 1. The smallest absolute Gasteiger partial charge is 0.336 e. The van der Waals surface area contributed by atoms with Crippen LogP contribution in [0.3, 0.4) is 0 Å². The summed E-state index contributed by atoms with van der Waals surface area (Å²) in [4.78, 5) is 15.8. The summed E-state index contributed by atoms with van der Waals surface area (Å²) < 4.78 is 0. The number of aromatic hydroxyl groups is 1. The van der Waals surface area contributed by atoms with Crippen molar-refractivity contribution >= 4 is 28.5 Å². The fraction of sp³-hybridized carbons (Fsp3) is 0. The summed E-state index contributed by atoms with van der Waals surface area (Å²) in [6.45, 7) is 0. The first-order valence-corrected chi connectivity index (χ1v) is 6.55. The number of rotatable bonds is 2. The van der Waals surface area contributed by atoms with Gasteiger partial charge in [0.15, 0.2) is 0 Å². The van der Waals surface area contributed by atoms with Gasteiger partial charge in [-0.3, -0.25) is 0 Å². The van der Waals surface area contributed by atoms with Gasteiger partial charge in [-0.2, -0.15) is 0 Å². The van der Waals surface area contributed by atoms with Gasteiger partial charge in [-0.25, -0.2) is 9.78 Å². The third kappa shape index (κ3) is 2.53. The SMILES string of the molecule is O=C(O)c1cc(-c2ccc(Cl)cc2)nc2cc(O)ccc12. The van der Waals surface area contributed by atoms with Crippen LogP contribution in [0.2, 0.25) is 5.02 Å².